The first kappa shape index (κ1) is 26.0. The number of nitrogens with zero attached hydrogens (tertiary/aromatic N) is 4. The van der Waals surface area contributed by atoms with E-state index in [1.165, 1.54) is 16.2 Å². The lowest BCUT2D eigenvalue weighted by atomic mass is 9.98. The number of aliphatic carboxylic acids is 2. The molecule has 3 rings (SSSR count). The third-order valence-electron chi connectivity index (χ3n) is 4.93. The van der Waals surface area contributed by atoms with E-state index in [9.17, 15) is 27.9 Å². The first-order valence-electron chi connectivity index (χ1n) is 9.90. The highest BCUT2D eigenvalue weighted by Gasteiger charge is 2.40. The average Bonchev–Trinajstić information content (AvgIpc) is 3.36. The Bertz CT molecular complexity index is 970. The number of thiazole rings is 1. The standard InChI is InChI=1S/C18H22N4O3S.C2HF3O2/c1-3-12(2)15(17(23)24)22-9-8-21(18(22)25)10-13-11-26-16(20-13)14-6-4-5-7-19-14;3-2(4,5)1(6)7/h4-7,11-12,15H,3,8-10H2,1-2H3,(H,23,24);(H,6,7)/t12-,15-;/m0./s1. The quantitative estimate of drug-likeness (QED) is 0.611. The smallest absolute Gasteiger partial charge is 0.480 e. The largest absolute Gasteiger partial charge is 0.490 e. The minimum absolute atomic E-state index is 0.0913. The molecule has 0 saturated carbocycles. The maximum Gasteiger partial charge on any atom is 0.490 e. The molecule has 1 fully saturated rings. The number of aromatic nitrogens is 2. The summed E-state index contributed by atoms with van der Waals surface area (Å²) in [6.07, 6.45) is -2.65. The zero-order valence-electron chi connectivity index (χ0n) is 17.8. The van der Waals surface area contributed by atoms with Crippen LogP contribution in [-0.2, 0) is 16.1 Å². The summed E-state index contributed by atoms with van der Waals surface area (Å²) < 4.78 is 31.7. The van der Waals surface area contributed by atoms with Gasteiger partial charge in [-0.05, 0) is 18.1 Å². The van der Waals surface area contributed by atoms with E-state index >= 15 is 0 Å². The Hall–Kier alpha value is -3.22. The molecule has 2 amide bonds. The number of pyridine rings is 1. The van der Waals surface area contributed by atoms with Gasteiger partial charge in [-0.25, -0.2) is 19.4 Å². The van der Waals surface area contributed by atoms with E-state index in [0.29, 0.717) is 26.1 Å². The number of carbonyl (C=O) groups excluding carboxylic acids is 1. The van der Waals surface area contributed by atoms with Crippen molar-refractivity contribution in [2.45, 2.75) is 39.0 Å². The van der Waals surface area contributed by atoms with Crippen molar-refractivity contribution in [3.8, 4) is 10.7 Å². The maximum absolute atomic E-state index is 12.7. The second-order valence-corrected chi connectivity index (χ2v) is 8.09. The molecule has 0 unspecified atom stereocenters. The molecule has 13 heteroatoms. The van der Waals surface area contributed by atoms with Crippen LogP contribution in [0.2, 0.25) is 0 Å². The molecule has 0 aromatic carbocycles. The molecular weight excluding hydrogens is 465 g/mol. The summed E-state index contributed by atoms with van der Waals surface area (Å²) in [5, 5.41) is 19.4. The third-order valence-corrected chi connectivity index (χ3v) is 5.84. The Kier molecular flexibility index (Phi) is 8.74. The molecule has 33 heavy (non-hydrogen) atoms. The van der Waals surface area contributed by atoms with Crippen LogP contribution in [0.25, 0.3) is 10.7 Å². The summed E-state index contributed by atoms with van der Waals surface area (Å²) >= 11 is 1.49. The van der Waals surface area contributed by atoms with Gasteiger partial charge in [0.1, 0.15) is 11.0 Å². The van der Waals surface area contributed by atoms with Gasteiger partial charge in [-0.15, -0.1) is 11.3 Å². The first-order valence-corrected chi connectivity index (χ1v) is 10.8. The lowest BCUT2D eigenvalue weighted by Gasteiger charge is -2.28. The van der Waals surface area contributed by atoms with Gasteiger partial charge in [0.15, 0.2) is 0 Å². The number of carboxylic acid groups (broad SMARTS) is 2. The fourth-order valence-corrected chi connectivity index (χ4v) is 3.88. The number of alkyl halides is 3. The van der Waals surface area contributed by atoms with Crippen LogP contribution in [0.4, 0.5) is 18.0 Å². The summed E-state index contributed by atoms with van der Waals surface area (Å²) in [6.45, 7) is 5.13. The molecule has 0 radical (unpaired) electrons. The van der Waals surface area contributed by atoms with Crippen LogP contribution in [-0.4, -0.2) is 73.3 Å². The van der Waals surface area contributed by atoms with Gasteiger partial charge in [0.25, 0.3) is 0 Å². The molecule has 9 nitrogen and oxygen atoms in total. The highest BCUT2D eigenvalue weighted by molar-refractivity contribution is 7.13. The predicted octanol–water partition coefficient (Wildman–Crippen LogP) is 3.58. The van der Waals surface area contributed by atoms with E-state index < -0.39 is 24.2 Å². The highest BCUT2D eigenvalue weighted by Crippen LogP contribution is 2.25. The fraction of sp³-hybridized carbons (Fsp3) is 0.450. The summed E-state index contributed by atoms with van der Waals surface area (Å²) in [7, 11) is 0. The number of rotatable bonds is 7. The van der Waals surface area contributed by atoms with E-state index in [1.807, 2.05) is 37.4 Å². The van der Waals surface area contributed by atoms with Crippen molar-refractivity contribution >= 4 is 29.3 Å². The lowest BCUT2D eigenvalue weighted by molar-refractivity contribution is -0.192. The van der Waals surface area contributed by atoms with Crippen LogP contribution in [0.3, 0.4) is 0 Å². The van der Waals surface area contributed by atoms with Crippen molar-refractivity contribution in [1.82, 2.24) is 19.8 Å². The summed E-state index contributed by atoms with van der Waals surface area (Å²) in [4.78, 5) is 45.2. The van der Waals surface area contributed by atoms with Crippen molar-refractivity contribution < 1.29 is 37.8 Å². The Morgan fingerprint density at radius 2 is 1.91 bits per heavy atom. The number of carbonyl (C=O) groups is 3. The number of hydrogen-bond acceptors (Lipinski definition) is 6. The molecule has 2 aromatic rings. The van der Waals surface area contributed by atoms with Gasteiger partial charge in [-0.2, -0.15) is 13.2 Å². The van der Waals surface area contributed by atoms with Gasteiger partial charge < -0.3 is 20.0 Å². The van der Waals surface area contributed by atoms with Crippen molar-refractivity contribution in [3.05, 3.63) is 35.5 Å². The van der Waals surface area contributed by atoms with E-state index in [1.54, 1.807) is 11.1 Å². The molecule has 1 saturated heterocycles. The number of halogens is 3. The minimum Gasteiger partial charge on any atom is -0.480 e. The Morgan fingerprint density at radius 3 is 2.42 bits per heavy atom. The lowest BCUT2D eigenvalue weighted by Crippen LogP contribution is -2.47. The molecule has 0 spiro atoms. The van der Waals surface area contributed by atoms with E-state index in [0.717, 1.165) is 16.4 Å². The van der Waals surface area contributed by atoms with Gasteiger partial charge >= 0.3 is 24.1 Å². The predicted molar refractivity (Wildman–Crippen MR) is 112 cm³/mol. The van der Waals surface area contributed by atoms with Crippen molar-refractivity contribution in [1.29, 1.82) is 0 Å². The molecule has 3 heterocycles. The number of carboxylic acids is 2. The monoisotopic (exact) mass is 488 g/mol. The molecule has 0 aliphatic carbocycles. The first-order chi connectivity index (χ1) is 15.5. The molecule has 2 N–H and O–H groups in total. The molecule has 2 atom stereocenters. The maximum atomic E-state index is 12.7. The number of hydrogen-bond donors (Lipinski definition) is 2. The third kappa shape index (κ3) is 6.88. The van der Waals surface area contributed by atoms with Crippen LogP contribution in [0.15, 0.2) is 29.8 Å². The van der Waals surface area contributed by atoms with Crippen LogP contribution in [0, 0.1) is 5.92 Å². The number of urea groups is 1. The van der Waals surface area contributed by atoms with Gasteiger partial charge in [0.2, 0.25) is 0 Å². The molecular formula is C20H23F3N4O5S. The van der Waals surface area contributed by atoms with Gasteiger partial charge in [-0.3, -0.25) is 4.98 Å². The van der Waals surface area contributed by atoms with Gasteiger partial charge in [-0.1, -0.05) is 26.3 Å². The zero-order valence-corrected chi connectivity index (χ0v) is 18.6. The van der Waals surface area contributed by atoms with Crippen molar-refractivity contribution in [3.63, 3.8) is 0 Å². The Morgan fingerprint density at radius 1 is 1.24 bits per heavy atom. The second-order valence-electron chi connectivity index (χ2n) is 7.23. The van der Waals surface area contributed by atoms with Gasteiger partial charge in [0, 0.05) is 24.7 Å². The average molecular weight is 488 g/mol. The van der Waals surface area contributed by atoms with Gasteiger partial charge in [0.05, 0.1) is 17.9 Å². The molecule has 2 aromatic heterocycles. The van der Waals surface area contributed by atoms with Crippen molar-refractivity contribution in [2.24, 2.45) is 5.92 Å². The van der Waals surface area contributed by atoms with Crippen LogP contribution >= 0.6 is 11.3 Å². The fourth-order valence-electron chi connectivity index (χ4n) is 3.10. The van der Waals surface area contributed by atoms with Crippen molar-refractivity contribution in [2.75, 3.05) is 13.1 Å². The summed E-state index contributed by atoms with van der Waals surface area (Å²) in [5.41, 5.74) is 1.60. The second kappa shape index (κ2) is 11.1. The molecule has 1 aliphatic rings. The molecule has 180 valence electrons. The molecule has 1 aliphatic heterocycles. The normalized spacial score (nSPS) is 15.6. The SMILES string of the molecule is CC[C@H](C)[C@@H](C(=O)O)N1CCN(Cc2csc(-c3ccccn3)n2)C1=O.O=C(O)C(F)(F)F. The number of amides is 2. The minimum atomic E-state index is -5.08. The molecule has 0 bridgehead atoms. The van der Waals surface area contributed by atoms with Crippen LogP contribution < -0.4 is 0 Å². The Balaban J connectivity index is 0.000000479. The zero-order chi connectivity index (χ0) is 24.8. The Labute approximate surface area is 191 Å². The summed E-state index contributed by atoms with van der Waals surface area (Å²) in [5.74, 6) is -3.79. The van der Waals surface area contributed by atoms with E-state index in [-0.39, 0.29) is 11.9 Å². The topological polar surface area (TPSA) is 124 Å². The van der Waals surface area contributed by atoms with E-state index in [2.05, 4.69) is 9.97 Å². The highest BCUT2D eigenvalue weighted by atomic mass is 32.1. The van der Waals surface area contributed by atoms with Crippen LogP contribution in [0.5, 0.6) is 0 Å². The summed E-state index contributed by atoms with van der Waals surface area (Å²) in [6, 6.07) is 4.65. The van der Waals surface area contributed by atoms with Crippen LogP contribution in [0.1, 0.15) is 26.0 Å². The van der Waals surface area contributed by atoms with E-state index in [4.69, 9.17) is 9.90 Å².